The van der Waals surface area contributed by atoms with E-state index in [4.69, 9.17) is 0 Å². The standard InChI is InChI=1S/C15H23FN2S/c1-3-4-17-10-13-7-14(16)9-15(8-13)18-5-6-19-11-12(18)2/h7-9,12,17H,3-6,10-11H2,1-2H3. The summed E-state index contributed by atoms with van der Waals surface area (Å²) in [5.41, 5.74) is 2.06. The van der Waals surface area contributed by atoms with Gasteiger partial charge in [0.05, 0.1) is 0 Å². The molecule has 2 rings (SSSR count). The van der Waals surface area contributed by atoms with Crippen molar-refractivity contribution >= 4 is 17.4 Å². The third-order valence-corrected chi connectivity index (χ3v) is 4.59. The van der Waals surface area contributed by atoms with Gasteiger partial charge in [0.15, 0.2) is 0 Å². The molecule has 4 heteroatoms. The summed E-state index contributed by atoms with van der Waals surface area (Å²) >= 11 is 1.98. The molecule has 1 saturated heterocycles. The van der Waals surface area contributed by atoms with Gasteiger partial charge < -0.3 is 10.2 Å². The summed E-state index contributed by atoms with van der Waals surface area (Å²) in [6.45, 7) is 7.08. The average Bonchev–Trinajstić information content (AvgIpc) is 2.39. The predicted molar refractivity (Wildman–Crippen MR) is 82.5 cm³/mol. The van der Waals surface area contributed by atoms with Crippen molar-refractivity contribution in [2.24, 2.45) is 0 Å². The lowest BCUT2D eigenvalue weighted by atomic mass is 10.1. The number of benzene rings is 1. The highest BCUT2D eigenvalue weighted by Crippen LogP contribution is 2.25. The van der Waals surface area contributed by atoms with Gasteiger partial charge in [0.1, 0.15) is 5.82 Å². The number of anilines is 1. The lowest BCUT2D eigenvalue weighted by molar-refractivity contribution is 0.615. The van der Waals surface area contributed by atoms with Crippen LogP contribution in [-0.4, -0.2) is 30.6 Å². The van der Waals surface area contributed by atoms with Crippen LogP contribution in [0.2, 0.25) is 0 Å². The van der Waals surface area contributed by atoms with Crippen LogP contribution >= 0.6 is 11.8 Å². The van der Waals surface area contributed by atoms with E-state index in [1.807, 2.05) is 11.8 Å². The molecule has 0 radical (unpaired) electrons. The van der Waals surface area contributed by atoms with Crippen molar-refractivity contribution in [2.45, 2.75) is 32.9 Å². The number of nitrogens with zero attached hydrogens (tertiary/aromatic N) is 1. The second-order valence-corrected chi connectivity index (χ2v) is 6.26. The molecule has 1 aliphatic rings. The number of thioether (sulfide) groups is 1. The first-order valence-corrected chi connectivity index (χ1v) is 8.20. The van der Waals surface area contributed by atoms with Crippen molar-refractivity contribution in [1.82, 2.24) is 5.32 Å². The molecule has 1 aromatic carbocycles. The highest BCUT2D eigenvalue weighted by Gasteiger charge is 2.19. The van der Waals surface area contributed by atoms with Crippen molar-refractivity contribution in [1.29, 1.82) is 0 Å². The van der Waals surface area contributed by atoms with Crippen LogP contribution in [0.3, 0.4) is 0 Å². The minimum absolute atomic E-state index is 0.128. The molecule has 106 valence electrons. The first-order valence-electron chi connectivity index (χ1n) is 7.05. The summed E-state index contributed by atoms with van der Waals surface area (Å²) in [4.78, 5) is 2.32. The first kappa shape index (κ1) is 14.7. The van der Waals surface area contributed by atoms with Crippen molar-refractivity contribution in [3.63, 3.8) is 0 Å². The maximum Gasteiger partial charge on any atom is 0.125 e. The summed E-state index contributed by atoms with van der Waals surface area (Å²) in [6.07, 6.45) is 1.10. The van der Waals surface area contributed by atoms with Gasteiger partial charge in [-0.1, -0.05) is 6.92 Å². The molecule has 0 aliphatic carbocycles. The molecule has 1 N–H and O–H groups in total. The fourth-order valence-corrected chi connectivity index (χ4v) is 3.43. The molecule has 1 aromatic rings. The molecule has 2 nitrogen and oxygen atoms in total. The molecule has 1 unspecified atom stereocenters. The zero-order valence-electron chi connectivity index (χ0n) is 11.8. The van der Waals surface area contributed by atoms with Gasteiger partial charge in [-0.2, -0.15) is 11.8 Å². The Morgan fingerprint density at radius 2 is 2.26 bits per heavy atom. The topological polar surface area (TPSA) is 15.3 Å². The molecule has 19 heavy (non-hydrogen) atoms. The van der Waals surface area contributed by atoms with Crippen molar-refractivity contribution < 1.29 is 4.39 Å². The van der Waals surface area contributed by atoms with E-state index in [0.29, 0.717) is 6.04 Å². The fourth-order valence-electron chi connectivity index (χ4n) is 2.42. The van der Waals surface area contributed by atoms with Crippen LogP contribution in [-0.2, 0) is 6.54 Å². The van der Waals surface area contributed by atoms with Crippen LogP contribution in [0, 0.1) is 5.82 Å². The quantitative estimate of drug-likeness (QED) is 0.835. The Labute approximate surface area is 119 Å². The van der Waals surface area contributed by atoms with Crippen molar-refractivity contribution in [2.75, 3.05) is 29.5 Å². The van der Waals surface area contributed by atoms with Crippen LogP contribution in [0.15, 0.2) is 18.2 Å². The normalized spacial score (nSPS) is 19.7. The number of rotatable bonds is 5. The Bertz CT molecular complexity index is 411. The number of hydrogen-bond donors (Lipinski definition) is 1. The lowest BCUT2D eigenvalue weighted by Gasteiger charge is -2.35. The van der Waals surface area contributed by atoms with Crippen LogP contribution in [0.25, 0.3) is 0 Å². The van der Waals surface area contributed by atoms with Gasteiger partial charge in [-0.25, -0.2) is 4.39 Å². The maximum absolute atomic E-state index is 13.8. The maximum atomic E-state index is 13.8. The van der Waals surface area contributed by atoms with E-state index >= 15 is 0 Å². The van der Waals surface area contributed by atoms with Crippen LogP contribution in [0.5, 0.6) is 0 Å². The molecule has 0 bridgehead atoms. The summed E-state index contributed by atoms with van der Waals surface area (Å²) in [5.74, 6) is 2.13. The number of hydrogen-bond acceptors (Lipinski definition) is 3. The summed E-state index contributed by atoms with van der Waals surface area (Å²) in [6, 6.07) is 5.90. The Morgan fingerprint density at radius 1 is 1.42 bits per heavy atom. The Kier molecular flexibility index (Phi) is 5.52. The van der Waals surface area contributed by atoms with E-state index < -0.39 is 0 Å². The second kappa shape index (κ2) is 7.15. The van der Waals surface area contributed by atoms with Gasteiger partial charge in [-0.05, 0) is 43.7 Å². The largest absolute Gasteiger partial charge is 0.367 e. The number of nitrogens with one attached hydrogen (secondary N) is 1. The lowest BCUT2D eigenvalue weighted by Crippen LogP contribution is -2.40. The van der Waals surface area contributed by atoms with Crippen molar-refractivity contribution in [3.8, 4) is 0 Å². The zero-order valence-corrected chi connectivity index (χ0v) is 12.6. The molecule has 1 atom stereocenters. The highest BCUT2D eigenvalue weighted by molar-refractivity contribution is 7.99. The SMILES string of the molecule is CCCNCc1cc(F)cc(N2CCSCC2C)c1. The van der Waals surface area contributed by atoms with E-state index in [2.05, 4.69) is 30.1 Å². The number of halogens is 1. The molecule has 0 aromatic heterocycles. The van der Waals surface area contributed by atoms with Crippen LogP contribution in [0.4, 0.5) is 10.1 Å². The highest BCUT2D eigenvalue weighted by atomic mass is 32.2. The fraction of sp³-hybridized carbons (Fsp3) is 0.600. The Morgan fingerprint density at radius 3 is 3.00 bits per heavy atom. The van der Waals surface area contributed by atoms with E-state index in [-0.39, 0.29) is 5.82 Å². The Balaban J connectivity index is 2.11. The second-order valence-electron chi connectivity index (χ2n) is 5.11. The molecule has 0 spiro atoms. The molecule has 1 fully saturated rings. The molecular weight excluding hydrogens is 259 g/mol. The smallest absolute Gasteiger partial charge is 0.125 e. The molecule has 1 heterocycles. The minimum atomic E-state index is -0.128. The van der Waals surface area contributed by atoms with Gasteiger partial charge in [0, 0.05) is 36.3 Å². The van der Waals surface area contributed by atoms with Gasteiger partial charge in [-0.15, -0.1) is 0 Å². The zero-order chi connectivity index (χ0) is 13.7. The van der Waals surface area contributed by atoms with E-state index in [1.165, 1.54) is 0 Å². The third-order valence-electron chi connectivity index (χ3n) is 3.40. The van der Waals surface area contributed by atoms with Gasteiger partial charge in [-0.3, -0.25) is 0 Å². The first-order chi connectivity index (χ1) is 9.20. The molecule has 0 saturated carbocycles. The van der Waals surface area contributed by atoms with E-state index in [0.717, 1.165) is 48.8 Å². The average molecular weight is 282 g/mol. The van der Waals surface area contributed by atoms with E-state index in [1.54, 1.807) is 12.1 Å². The van der Waals surface area contributed by atoms with Gasteiger partial charge in [0.2, 0.25) is 0 Å². The summed E-state index contributed by atoms with van der Waals surface area (Å²) in [5, 5.41) is 3.33. The Hall–Kier alpha value is -0.740. The van der Waals surface area contributed by atoms with Gasteiger partial charge >= 0.3 is 0 Å². The van der Waals surface area contributed by atoms with Crippen molar-refractivity contribution in [3.05, 3.63) is 29.6 Å². The molecule has 0 amide bonds. The summed E-state index contributed by atoms with van der Waals surface area (Å²) < 4.78 is 13.8. The van der Waals surface area contributed by atoms with Gasteiger partial charge in [0.25, 0.3) is 0 Å². The third kappa shape index (κ3) is 4.11. The monoisotopic (exact) mass is 282 g/mol. The molecule has 1 aliphatic heterocycles. The van der Waals surface area contributed by atoms with Crippen LogP contribution in [0.1, 0.15) is 25.8 Å². The summed E-state index contributed by atoms with van der Waals surface area (Å²) in [7, 11) is 0. The van der Waals surface area contributed by atoms with Crippen LogP contribution < -0.4 is 10.2 Å². The minimum Gasteiger partial charge on any atom is -0.367 e. The predicted octanol–water partition coefficient (Wildman–Crippen LogP) is 3.27. The molecular formula is C15H23FN2S. The van der Waals surface area contributed by atoms with E-state index in [9.17, 15) is 4.39 Å².